The maximum absolute atomic E-state index is 10.7. The number of non-ortho nitro benzene ring substituents is 1. The SMILES string of the molecule is O=[N+]([O-])c1ccc(NC(=S)NC[C@@H](c2ccco2)[NH+]2CCCCC2)cc1. The fourth-order valence-corrected chi connectivity index (χ4v) is 3.53. The lowest BCUT2D eigenvalue weighted by Gasteiger charge is -2.30. The van der Waals surface area contributed by atoms with Crippen molar-refractivity contribution in [2.75, 3.05) is 25.0 Å². The lowest BCUT2D eigenvalue weighted by molar-refractivity contribution is -0.936. The number of quaternary nitrogens is 1. The molecule has 1 saturated heterocycles. The molecule has 2 heterocycles. The highest BCUT2D eigenvalue weighted by Crippen LogP contribution is 2.15. The molecule has 3 N–H and O–H groups in total. The Labute approximate surface area is 157 Å². The van der Waals surface area contributed by atoms with Crippen LogP contribution in [0.4, 0.5) is 11.4 Å². The molecule has 8 heteroatoms. The third-order valence-electron chi connectivity index (χ3n) is 4.68. The van der Waals surface area contributed by atoms with Gasteiger partial charge in [-0.3, -0.25) is 10.1 Å². The number of benzene rings is 1. The maximum atomic E-state index is 10.7. The van der Waals surface area contributed by atoms with E-state index in [1.165, 1.54) is 36.3 Å². The van der Waals surface area contributed by atoms with Crippen molar-refractivity contribution in [3.8, 4) is 0 Å². The number of hydrogen-bond acceptors (Lipinski definition) is 4. The van der Waals surface area contributed by atoms with Crippen LogP contribution in [0.15, 0.2) is 47.1 Å². The van der Waals surface area contributed by atoms with Gasteiger partial charge in [0.25, 0.3) is 5.69 Å². The number of nitro groups is 1. The molecule has 0 amide bonds. The quantitative estimate of drug-likeness (QED) is 0.408. The van der Waals surface area contributed by atoms with Gasteiger partial charge in [0.05, 0.1) is 30.8 Å². The first-order valence-corrected chi connectivity index (χ1v) is 9.21. The first kappa shape index (κ1) is 18.3. The average Bonchev–Trinajstić information content (AvgIpc) is 3.17. The van der Waals surface area contributed by atoms with Gasteiger partial charge in [-0.15, -0.1) is 0 Å². The van der Waals surface area contributed by atoms with Crippen molar-refractivity contribution in [3.63, 3.8) is 0 Å². The van der Waals surface area contributed by atoms with Crippen LogP contribution in [0.1, 0.15) is 31.1 Å². The van der Waals surface area contributed by atoms with Crippen LogP contribution in [-0.4, -0.2) is 29.7 Å². The molecular weight excluding hydrogens is 352 g/mol. The summed E-state index contributed by atoms with van der Waals surface area (Å²) in [6.45, 7) is 2.94. The monoisotopic (exact) mass is 375 g/mol. The average molecular weight is 375 g/mol. The molecule has 0 unspecified atom stereocenters. The van der Waals surface area contributed by atoms with E-state index in [9.17, 15) is 10.1 Å². The highest BCUT2D eigenvalue weighted by molar-refractivity contribution is 7.80. The van der Waals surface area contributed by atoms with Crippen LogP contribution in [0, 0.1) is 10.1 Å². The Hall–Kier alpha value is -2.45. The van der Waals surface area contributed by atoms with E-state index >= 15 is 0 Å². The van der Waals surface area contributed by atoms with E-state index in [1.54, 1.807) is 18.4 Å². The Kier molecular flexibility index (Phi) is 6.19. The van der Waals surface area contributed by atoms with E-state index in [0.717, 1.165) is 18.8 Å². The van der Waals surface area contributed by atoms with Crippen molar-refractivity contribution in [2.45, 2.75) is 25.3 Å². The normalized spacial score (nSPS) is 16.0. The lowest BCUT2D eigenvalue weighted by atomic mass is 10.1. The van der Waals surface area contributed by atoms with Crippen molar-refractivity contribution >= 4 is 28.7 Å². The minimum Gasteiger partial charge on any atom is -0.463 e. The molecule has 1 aromatic carbocycles. The molecule has 7 nitrogen and oxygen atoms in total. The number of furan rings is 1. The summed E-state index contributed by atoms with van der Waals surface area (Å²) in [5, 5.41) is 17.5. The highest BCUT2D eigenvalue weighted by Gasteiger charge is 2.28. The van der Waals surface area contributed by atoms with Crippen molar-refractivity contribution in [1.82, 2.24) is 5.32 Å². The van der Waals surface area contributed by atoms with Crippen molar-refractivity contribution in [3.05, 3.63) is 58.5 Å². The second-order valence-corrected chi connectivity index (χ2v) is 6.83. The molecule has 1 fully saturated rings. The zero-order valence-corrected chi connectivity index (χ0v) is 15.3. The van der Waals surface area contributed by atoms with Crippen LogP contribution in [-0.2, 0) is 0 Å². The number of nitro benzene ring substituents is 1. The van der Waals surface area contributed by atoms with Crippen LogP contribution < -0.4 is 15.5 Å². The number of anilines is 1. The summed E-state index contributed by atoms with van der Waals surface area (Å²) >= 11 is 5.37. The third-order valence-corrected chi connectivity index (χ3v) is 4.92. The first-order valence-electron chi connectivity index (χ1n) is 8.81. The predicted molar refractivity (Wildman–Crippen MR) is 103 cm³/mol. The van der Waals surface area contributed by atoms with E-state index < -0.39 is 4.92 Å². The Morgan fingerprint density at radius 1 is 1.23 bits per heavy atom. The molecule has 0 radical (unpaired) electrons. The number of thiocarbonyl (C=S) groups is 1. The fraction of sp³-hybridized carbons (Fsp3) is 0.389. The van der Waals surface area contributed by atoms with E-state index in [2.05, 4.69) is 10.6 Å². The maximum Gasteiger partial charge on any atom is 0.269 e. The Morgan fingerprint density at radius 2 is 1.96 bits per heavy atom. The van der Waals surface area contributed by atoms with Crippen LogP contribution in [0.3, 0.4) is 0 Å². The van der Waals surface area contributed by atoms with Gasteiger partial charge >= 0.3 is 0 Å². The van der Waals surface area contributed by atoms with E-state index in [4.69, 9.17) is 16.6 Å². The first-order chi connectivity index (χ1) is 12.6. The van der Waals surface area contributed by atoms with Gasteiger partial charge in [-0.1, -0.05) is 0 Å². The molecule has 26 heavy (non-hydrogen) atoms. The molecule has 1 aromatic heterocycles. The van der Waals surface area contributed by atoms with Gasteiger partial charge in [0.2, 0.25) is 0 Å². The van der Waals surface area contributed by atoms with Crippen LogP contribution >= 0.6 is 12.2 Å². The van der Waals surface area contributed by atoms with Crippen molar-refractivity contribution in [2.24, 2.45) is 0 Å². The number of likely N-dealkylation sites (tertiary alicyclic amines) is 1. The number of nitrogens with zero attached hydrogens (tertiary/aromatic N) is 1. The largest absolute Gasteiger partial charge is 0.463 e. The minimum atomic E-state index is -0.421. The molecule has 0 spiro atoms. The molecule has 1 aliphatic heterocycles. The lowest BCUT2D eigenvalue weighted by Crippen LogP contribution is -3.13. The van der Waals surface area contributed by atoms with Gasteiger partial charge in [-0.25, -0.2) is 0 Å². The van der Waals surface area contributed by atoms with Gasteiger partial charge in [0, 0.05) is 17.8 Å². The zero-order valence-electron chi connectivity index (χ0n) is 14.4. The minimum absolute atomic E-state index is 0.0565. The number of nitrogens with one attached hydrogen (secondary N) is 3. The predicted octanol–water partition coefficient (Wildman–Crippen LogP) is 2.28. The van der Waals surface area contributed by atoms with Crippen LogP contribution in [0.2, 0.25) is 0 Å². The molecule has 0 bridgehead atoms. The number of rotatable bonds is 6. The molecule has 0 aliphatic carbocycles. The smallest absolute Gasteiger partial charge is 0.269 e. The summed E-state index contributed by atoms with van der Waals surface area (Å²) < 4.78 is 5.65. The molecule has 0 saturated carbocycles. The van der Waals surface area contributed by atoms with Crippen LogP contribution in [0.25, 0.3) is 0 Å². The van der Waals surface area contributed by atoms with E-state index in [1.807, 2.05) is 12.1 Å². The topological polar surface area (TPSA) is 84.8 Å². The highest BCUT2D eigenvalue weighted by atomic mass is 32.1. The standard InChI is InChI=1S/C18H22N4O3S/c23-22(24)15-8-6-14(7-9-15)20-18(26)19-13-16(17-5-4-12-25-17)21-10-2-1-3-11-21/h4-9,12,16H,1-3,10-11,13H2,(H2,19,20,26)/p+1/t16-/m0/s1. The van der Waals surface area contributed by atoms with Crippen LogP contribution in [0.5, 0.6) is 0 Å². The Bertz CT molecular complexity index is 727. The Morgan fingerprint density at radius 3 is 2.58 bits per heavy atom. The number of hydrogen-bond donors (Lipinski definition) is 3. The third kappa shape index (κ3) is 4.80. The van der Waals surface area contributed by atoms with Gasteiger partial charge in [0.1, 0.15) is 0 Å². The second-order valence-electron chi connectivity index (χ2n) is 6.43. The summed E-state index contributed by atoms with van der Waals surface area (Å²) in [7, 11) is 0. The summed E-state index contributed by atoms with van der Waals surface area (Å²) in [6, 6.07) is 10.3. The molecule has 1 aliphatic rings. The second kappa shape index (κ2) is 8.77. The van der Waals surface area contributed by atoms with Crippen molar-refractivity contribution in [1.29, 1.82) is 0 Å². The summed E-state index contributed by atoms with van der Waals surface area (Å²) in [4.78, 5) is 11.8. The van der Waals surface area contributed by atoms with Gasteiger partial charge in [-0.05, 0) is 55.7 Å². The van der Waals surface area contributed by atoms with E-state index in [0.29, 0.717) is 17.3 Å². The van der Waals surface area contributed by atoms with Gasteiger partial charge < -0.3 is 20.0 Å². The molecule has 138 valence electrons. The van der Waals surface area contributed by atoms with E-state index in [-0.39, 0.29) is 11.7 Å². The number of piperidine rings is 1. The zero-order chi connectivity index (χ0) is 18.4. The molecule has 3 rings (SSSR count). The molecular formula is C18H23N4O3S+. The summed E-state index contributed by atoms with van der Waals surface area (Å²) in [5.74, 6) is 0.965. The summed E-state index contributed by atoms with van der Waals surface area (Å²) in [5.41, 5.74) is 0.772. The summed E-state index contributed by atoms with van der Waals surface area (Å²) in [6.07, 6.45) is 5.47. The molecule has 2 aromatic rings. The Balaban J connectivity index is 1.57. The van der Waals surface area contributed by atoms with Crippen molar-refractivity contribution < 1.29 is 14.2 Å². The van der Waals surface area contributed by atoms with Gasteiger partial charge in [0.15, 0.2) is 16.9 Å². The van der Waals surface area contributed by atoms with Gasteiger partial charge in [-0.2, -0.15) is 0 Å². The fourth-order valence-electron chi connectivity index (χ4n) is 3.33. The molecule has 1 atom stereocenters.